The molecule has 0 spiro atoms. The van der Waals surface area contributed by atoms with Crippen molar-refractivity contribution < 1.29 is 14.3 Å². The van der Waals surface area contributed by atoms with Crippen LogP contribution in [0, 0.1) is 13.8 Å². The number of amides is 1. The zero-order valence-electron chi connectivity index (χ0n) is 13.3. The lowest BCUT2D eigenvalue weighted by molar-refractivity contribution is -0.116. The van der Waals surface area contributed by atoms with Gasteiger partial charge in [-0.05, 0) is 38.1 Å². The van der Waals surface area contributed by atoms with Gasteiger partial charge in [-0.3, -0.25) is 9.36 Å². The predicted octanol–water partition coefficient (Wildman–Crippen LogP) is 1.61. The number of aryl methyl sites for hydroxylation is 1. The fraction of sp³-hybridized carbons (Fsp3) is 0.312. The molecule has 0 unspecified atom stereocenters. The number of hydrogen-bond acceptors (Lipinski definition) is 4. The van der Waals surface area contributed by atoms with Crippen LogP contribution in [0.4, 0.5) is 5.69 Å². The maximum Gasteiger partial charge on any atom is 0.337 e. The highest BCUT2D eigenvalue weighted by atomic mass is 16.5. The lowest BCUT2D eigenvalue weighted by atomic mass is 10.2. The molecule has 0 aliphatic rings. The molecule has 1 aromatic heterocycles. The highest BCUT2D eigenvalue weighted by Crippen LogP contribution is 2.11. The van der Waals surface area contributed by atoms with Crippen molar-refractivity contribution in [1.82, 2.24) is 9.55 Å². The number of aromatic amines is 1. The molecule has 1 aromatic carbocycles. The fourth-order valence-corrected chi connectivity index (χ4v) is 2.19. The van der Waals surface area contributed by atoms with Crippen LogP contribution in [-0.4, -0.2) is 28.5 Å². The highest BCUT2D eigenvalue weighted by molar-refractivity contribution is 5.92. The molecule has 1 amide bonds. The Morgan fingerprint density at radius 1 is 1.22 bits per heavy atom. The van der Waals surface area contributed by atoms with E-state index in [4.69, 9.17) is 0 Å². The third kappa shape index (κ3) is 3.88. The predicted molar refractivity (Wildman–Crippen MR) is 85.6 cm³/mol. The van der Waals surface area contributed by atoms with Crippen LogP contribution >= 0.6 is 0 Å². The number of nitrogens with one attached hydrogen (secondary N) is 2. The van der Waals surface area contributed by atoms with Gasteiger partial charge in [0.25, 0.3) is 0 Å². The summed E-state index contributed by atoms with van der Waals surface area (Å²) in [6, 6.07) is 6.40. The Morgan fingerprint density at radius 2 is 1.87 bits per heavy atom. The van der Waals surface area contributed by atoms with E-state index in [0.29, 0.717) is 17.8 Å². The molecular formula is C16H19N3O4. The van der Waals surface area contributed by atoms with Gasteiger partial charge in [-0.15, -0.1) is 0 Å². The number of aromatic nitrogens is 2. The molecule has 2 aromatic rings. The summed E-state index contributed by atoms with van der Waals surface area (Å²) in [7, 11) is 1.31. The summed E-state index contributed by atoms with van der Waals surface area (Å²) in [5, 5.41) is 2.73. The van der Waals surface area contributed by atoms with Gasteiger partial charge in [0.2, 0.25) is 5.91 Å². The molecule has 0 saturated heterocycles. The Bertz CT molecular complexity index is 772. The Balaban J connectivity index is 1.94. The van der Waals surface area contributed by atoms with Crippen LogP contribution in [0.1, 0.15) is 28.2 Å². The number of ether oxygens (including phenoxy) is 1. The minimum absolute atomic E-state index is 0.177. The molecule has 2 rings (SSSR count). The molecule has 7 heteroatoms. The van der Waals surface area contributed by atoms with Gasteiger partial charge in [0, 0.05) is 30.0 Å². The van der Waals surface area contributed by atoms with Crippen molar-refractivity contribution >= 4 is 17.6 Å². The van der Waals surface area contributed by atoms with E-state index in [1.165, 1.54) is 11.7 Å². The van der Waals surface area contributed by atoms with Gasteiger partial charge < -0.3 is 15.0 Å². The number of benzene rings is 1. The number of nitrogens with zero attached hydrogens (tertiary/aromatic N) is 1. The van der Waals surface area contributed by atoms with E-state index in [2.05, 4.69) is 15.0 Å². The zero-order valence-corrected chi connectivity index (χ0v) is 13.3. The van der Waals surface area contributed by atoms with Gasteiger partial charge in [-0.2, -0.15) is 0 Å². The molecular weight excluding hydrogens is 298 g/mol. The topological polar surface area (TPSA) is 93.2 Å². The molecule has 0 aliphatic carbocycles. The first-order valence-corrected chi connectivity index (χ1v) is 7.16. The first-order valence-electron chi connectivity index (χ1n) is 7.16. The van der Waals surface area contributed by atoms with Gasteiger partial charge in [-0.1, -0.05) is 0 Å². The van der Waals surface area contributed by atoms with Crippen molar-refractivity contribution in [2.75, 3.05) is 12.4 Å². The number of carbonyl (C=O) groups is 2. The van der Waals surface area contributed by atoms with Crippen LogP contribution in [0.3, 0.4) is 0 Å². The summed E-state index contributed by atoms with van der Waals surface area (Å²) >= 11 is 0. The Morgan fingerprint density at radius 3 is 2.39 bits per heavy atom. The average Bonchev–Trinajstić information content (AvgIpc) is 2.78. The van der Waals surface area contributed by atoms with E-state index in [1.54, 1.807) is 24.3 Å². The first-order chi connectivity index (χ1) is 10.9. The molecule has 0 atom stereocenters. The van der Waals surface area contributed by atoms with Gasteiger partial charge in [0.1, 0.15) is 0 Å². The van der Waals surface area contributed by atoms with Crippen LogP contribution < -0.4 is 11.0 Å². The second-order valence-corrected chi connectivity index (χ2v) is 5.16. The fourth-order valence-electron chi connectivity index (χ4n) is 2.19. The quantitative estimate of drug-likeness (QED) is 0.819. The van der Waals surface area contributed by atoms with Crippen molar-refractivity contribution in [2.24, 2.45) is 0 Å². The lowest BCUT2D eigenvalue weighted by Crippen LogP contribution is -2.22. The van der Waals surface area contributed by atoms with E-state index in [9.17, 15) is 14.4 Å². The number of hydrogen-bond donors (Lipinski definition) is 2. The normalized spacial score (nSPS) is 10.4. The summed E-state index contributed by atoms with van der Waals surface area (Å²) in [4.78, 5) is 37.7. The van der Waals surface area contributed by atoms with E-state index >= 15 is 0 Å². The van der Waals surface area contributed by atoms with Crippen molar-refractivity contribution in [3.8, 4) is 0 Å². The summed E-state index contributed by atoms with van der Waals surface area (Å²) in [6.07, 6.45) is 0.177. The van der Waals surface area contributed by atoms with Gasteiger partial charge in [0.05, 0.1) is 12.7 Å². The summed E-state index contributed by atoms with van der Waals surface area (Å²) in [5.74, 6) is -0.637. The zero-order chi connectivity index (χ0) is 17.0. The molecule has 0 saturated carbocycles. The SMILES string of the molecule is COC(=O)c1ccc(NC(=O)CCn2c(C)c(C)[nH]c2=O)cc1. The maximum absolute atomic E-state index is 12.0. The largest absolute Gasteiger partial charge is 0.465 e. The molecule has 7 nitrogen and oxygen atoms in total. The first kappa shape index (κ1) is 16.5. The minimum Gasteiger partial charge on any atom is -0.465 e. The van der Waals surface area contributed by atoms with E-state index in [1.807, 2.05) is 13.8 Å². The van der Waals surface area contributed by atoms with Crippen LogP contribution in [0.15, 0.2) is 29.1 Å². The number of methoxy groups -OCH3 is 1. The van der Waals surface area contributed by atoms with Gasteiger partial charge in [0.15, 0.2) is 0 Å². The van der Waals surface area contributed by atoms with Crippen molar-refractivity contribution in [3.05, 3.63) is 51.7 Å². The van der Waals surface area contributed by atoms with E-state index in [-0.39, 0.29) is 18.0 Å². The standard InChI is InChI=1S/C16H19N3O4/c1-10-11(2)19(16(22)17-10)9-8-14(20)18-13-6-4-12(5-7-13)15(21)23-3/h4-7H,8-9H2,1-3H3,(H,17,22)(H,18,20). The third-order valence-corrected chi connectivity index (χ3v) is 3.64. The van der Waals surface area contributed by atoms with Crippen LogP contribution in [0.5, 0.6) is 0 Å². The van der Waals surface area contributed by atoms with Crippen LogP contribution in [-0.2, 0) is 16.1 Å². The number of H-pyrrole nitrogens is 1. The highest BCUT2D eigenvalue weighted by Gasteiger charge is 2.10. The van der Waals surface area contributed by atoms with Gasteiger partial charge in [-0.25, -0.2) is 9.59 Å². The number of carbonyl (C=O) groups excluding carboxylic acids is 2. The second kappa shape index (κ2) is 6.95. The number of esters is 1. The van der Waals surface area contributed by atoms with Gasteiger partial charge >= 0.3 is 11.7 Å². The van der Waals surface area contributed by atoms with Crippen LogP contribution in [0.2, 0.25) is 0 Å². The van der Waals surface area contributed by atoms with Crippen LogP contribution in [0.25, 0.3) is 0 Å². The molecule has 0 radical (unpaired) electrons. The number of imidazole rings is 1. The summed E-state index contributed by atoms with van der Waals surface area (Å²) in [5.41, 5.74) is 2.40. The Kier molecular flexibility index (Phi) is 5.00. The van der Waals surface area contributed by atoms with Crippen molar-refractivity contribution in [2.45, 2.75) is 26.8 Å². The van der Waals surface area contributed by atoms with Crippen molar-refractivity contribution in [1.29, 1.82) is 0 Å². The van der Waals surface area contributed by atoms with E-state index < -0.39 is 5.97 Å². The maximum atomic E-state index is 12.0. The second-order valence-electron chi connectivity index (χ2n) is 5.16. The summed E-state index contributed by atoms with van der Waals surface area (Å²) in [6.45, 7) is 3.95. The Labute approximate surface area is 133 Å². The van der Waals surface area contributed by atoms with Crippen molar-refractivity contribution in [3.63, 3.8) is 0 Å². The summed E-state index contributed by atoms with van der Waals surface area (Å²) < 4.78 is 6.14. The molecule has 1 heterocycles. The smallest absolute Gasteiger partial charge is 0.337 e. The molecule has 23 heavy (non-hydrogen) atoms. The number of anilines is 1. The third-order valence-electron chi connectivity index (χ3n) is 3.64. The molecule has 2 N–H and O–H groups in total. The monoisotopic (exact) mass is 317 g/mol. The minimum atomic E-state index is -0.430. The number of rotatable bonds is 5. The molecule has 0 aliphatic heterocycles. The van der Waals surface area contributed by atoms with E-state index in [0.717, 1.165) is 11.4 Å². The molecule has 122 valence electrons. The average molecular weight is 317 g/mol. The molecule has 0 fully saturated rings. The lowest BCUT2D eigenvalue weighted by Gasteiger charge is -2.07. The Hall–Kier alpha value is -2.83. The molecule has 0 bridgehead atoms.